The van der Waals surface area contributed by atoms with Crippen LogP contribution < -0.4 is 5.32 Å². The predicted molar refractivity (Wildman–Crippen MR) is 107 cm³/mol. The monoisotopic (exact) mass is 335 g/mol. The molecule has 25 heavy (non-hydrogen) atoms. The van der Waals surface area contributed by atoms with Crippen molar-refractivity contribution in [2.75, 3.05) is 19.0 Å². The van der Waals surface area contributed by atoms with Gasteiger partial charge in [0, 0.05) is 23.9 Å². The molecule has 0 aliphatic heterocycles. The van der Waals surface area contributed by atoms with E-state index in [-0.39, 0.29) is 11.0 Å². The molecular formula is C23H29NO. The molecule has 1 N–H and O–H groups in total. The van der Waals surface area contributed by atoms with Crippen molar-refractivity contribution in [3.8, 4) is 11.8 Å². The quantitative estimate of drug-likeness (QED) is 0.753. The van der Waals surface area contributed by atoms with Crippen LogP contribution in [0.25, 0.3) is 0 Å². The third-order valence-electron chi connectivity index (χ3n) is 3.97. The van der Waals surface area contributed by atoms with Gasteiger partial charge in [-0.05, 0) is 61.2 Å². The Hall–Kier alpha value is -2.24. The number of hydrogen-bond acceptors (Lipinski definition) is 2. The van der Waals surface area contributed by atoms with Crippen molar-refractivity contribution in [3.05, 3.63) is 65.2 Å². The fraction of sp³-hybridized carbons (Fsp3) is 0.391. The fourth-order valence-corrected chi connectivity index (χ4v) is 2.30. The maximum absolute atomic E-state index is 6.13. The van der Waals surface area contributed by atoms with Crippen LogP contribution in [0.5, 0.6) is 0 Å². The smallest absolute Gasteiger partial charge is 0.0875 e. The molecule has 0 aromatic heterocycles. The molecular weight excluding hydrogens is 306 g/mol. The first-order chi connectivity index (χ1) is 11.7. The van der Waals surface area contributed by atoms with E-state index in [4.69, 9.17) is 4.74 Å². The average Bonchev–Trinajstić information content (AvgIpc) is 2.58. The average molecular weight is 335 g/mol. The molecule has 0 aliphatic carbocycles. The zero-order valence-electron chi connectivity index (χ0n) is 16.2. The predicted octanol–water partition coefficient (Wildman–Crippen LogP) is 5.43. The van der Waals surface area contributed by atoms with E-state index in [1.165, 1.54) is 5.56 Å². The highest BCUT2D eigenvalue weighted by atomic mass is 16.5. The Bertz CT molecular complexity index is 738. The van der Waals surface area contributed by atoms with Crippen molar-refractivity contribution in [1.29, 1.82) is 0 Å². The second kappa shape index (κ2) is 7.76. The Labute approximate surface area is 152 Å². The van der Waals surface area contributed by atoms with Crippen LogP contribution in [-0.4, -0.2) is 13.7 Å². The summed E-state index contributed by atoms with van der Waals surface area (Å²) in [7, 11) is 1.91. The summed E-state index contributed by atoms with van der Waals surface area (Å²) in [4.78, 5) is 0. The summed E-state index contributed by atoms with van der Waals surface area (Å²) < 4.78 is 6.13. The van der Waals surface area contributed by atoms with E-state index in [2.05, 4.69) is 76.0 Å². The van der Waals surface area contributed by atoms with Crippen LogP contribution in [0, 0.1) is 17.3 Å². The first-order valence-electron chi connectivity index (χ1n) is 8.74. The van der Waals surface area contributed by atoms with E-state index >= 15 is 0 Å². The summed E-state index contributed by atoms with van der Waals surface area (Å²) in [5.41, 5.74) is 4.13. The number of ether oxygens (including phenoxy) is 1. The standard InChI is InChI=1S/C23H29NO/c1-22(2,3)17-25-23(4,5)20-13-9-18(10-14-20)7-8-19-11-15-21(24-6)16-12-19/h9-16,24H,17H2,1-6H3. The molecule has 0 radical (unpaired) electrons. The number of hydrogen-bond donors (Lipinski definition) is 1. The largest absolute Gasteiger partial charge is 0.388 e. The summed E-state index contributed by atoms with van der Waals surface area (Å²) >= 11 is 0. The molecule has 2 aromatic carbocycles. The zero-order valence-corrected chi connectivity index (χ0v) is 16.2. The van der Waals surface area contributed by atoms with Crippen molar-refractivity contribution in [3.63, 3.8) is 0 Å². The molecule has 0 saturated carbocycles. The van der Waals surface area contributed by atoms with Crippen molar-refractivity contribution in [2.24, 2.45) is 5.41 Å². The molecule has 2 rings (SSSR count). The van der Waals surface area contributed by atoms with Crippen molar-refractivity contribution in [1.82, 2.24) is 0 Å². The van der Waals surface area contributed by atoms with Gasteiger partial charge in [0.05, 0.1) is 12.2 Å². The van der Waals surface area contributed by atoms with Gasteiger partial charge >= 0.3 is 0 Å². The summed E-state index contributed by atoms with van der Waals surface area (Å²) in [6.07, 6.45) is 0. The lowest BCUT2D eigenvalue weighted by atomic mass is 9.94. The van der Waals surface area contributed by atoms with Crippen LogP contribution in [0.2, 0.25) is 0 Å². The number of rotatable bonds is 4. The van der Waals surface area contributed by atoms with Gasteiger partial charge in [-0.3, -0.25) is 0 Å². The van der Waals surface area contributed by atoms with Gasteiger partial charge in [0.25, 0.3) is 0 Å². The molecule has 0 bridgehead atoms. The summed E-state index contributed by atoms with van der Waals surface area (Å²) in [5, 5.41) is 3.11. The molecule has 0 amide bonds. The maximum atomic E-state index is 6.13. The number of anilines is 1. The Kier molecular flexibility index (Phi) is 5.93. The minimum atomic E-state index is -0.303. The molecule has 0 heterocycles. The SMILES string of the molecule is CNc1ccc(C#Cc2ccc(C(C)(C)OCC(C)(C)C)cc2)cc1. The molecule has 0 aliphatic rings. The highest BCUT2D eigenvalue weighted by molar-refractivity contribution is 5.50. The minimum absolute atomic E-state index is 0.158. The lowest BCUT2D eigenvalue weighted by Crippen LogP contribution is -2.27. The third kappa shape index (κ3) is 5.96. The highest BCUT2D eigenvalue weighted by Crippen LogP contribution is 2.27. The van der Waals surface area contributed by atoms with Gasteiger partial charge in [-0.2, -0.15) is 0 Å². The minimum Gasteiger partial charge on any atom is -0.388 e. The Balaban J connectivity index is 2.08. The number of benzene rings is 2. The van der Waals surface area contributed by atoms with E-state index in [1.807, 2.05) is 31.3 Å². The van der Waals surface area contributed by atoms with Crippen molar-refractivity contribution >= 4 is 5.69 Å². The molecule has 2 heteroatoms. The fourth-order valence-electron chi connectivity index (χ4n) is 2.30. The van der Waals surface area contributed by atoms with E-state index in [0.29, 0.717) is 0 Å². The normalized spacial score (nSPS) is 11.6. The van der Waals surface area contributed by atoms with Gasteiger partial charge in [0.2, 0.25) is 0 Å². The van der Waals surface area contributed by atoms with Gasteiger partial charge < -0.3 is 10.1 Å². The lowest BCUT2D eigenvalue weighted by molar-refractivity contribution is -0.0547. The van der Waals surface area contributed by atoms with Crippen LogP contribution in [-0.2, 0) is 10.3 Å². The topological polar surface area (TPSA) is 21.3 Å². The van der Waals surface area contributed by atoms with E-state index in [1.54, 1.807) is 0 Å². The van der Waals surface area contributed by atoms with Crippen LogP contribution >= 0.6 is 0 Å². The van der Waals surface area contributed by atoms with Crippen molar-refractivity contribution < 1.29 is 4.74 Å². The Morgan fingerprint density at radius 3 is 1.72 bits per heavy atom. The van der Waals surface area contributed by atoms with Gasteiger partial charge in [-0.1, -0.05) is 44.7 Å². The van der Waals surface area contributed by atoms with E-state index in [9.17, 15) is 0 Å². The number of nitrogens with one attached hydrogen (secondary N) is 1. The molecule has 0 fully saturated rings. The van der Waals surface area contributed by atoms with Crippen LogP contribution in [0.3, 0.4) is 0 Å². The second-order valence-electron chi connectivity index (χ2n) is 8.01. The van der Waals surface area contributed by atoms with E-state index < -0.39 is 0 Å². The Morgan fingerprint density at radius 1 is 0.800 bits per heavy atom. The van der Waals surface area contributed by atoms with E-state index in [0.717, 1.165) is 23.4 Å². The molecule has 132 valence electrons. The zero-order chi connectivity index (χ0) is 18.5. The van der Waals surface area contributed by atoms with Crippen molar-refractivity contribution in [2.45, 2.75) is 40.2 Å². The highest BCUT2D eigenvalue weighted by Gasteiger charge is 2.24. The van der Waals surface area contributed by atoms with Gasteiger partial charge in [-0.15, -0.1) is 0 Å². The van der Waals surface area contributed by atoms with Crippen LogP contribution in [0.1, 0.15) is 51.3 Å². The van der Waals surface area contributed by atoms with Crippen LogP contribution in [0.4, 0.5) is 5.69 Å². The van der Waals surface area contributed by atoms with Gasteiger partial charge in [-0.25, -0.2) is 0 Å². The summed E-state index contributed by atoms with van der Waals surface area (Å²) in [6, 6.07) is 16.4. The molecule has 0 unspecified atom stereocenters. The van der Waals surface area contributed by atoms with Gasteiger partial charge in [0.15, 0.2) is 0 Å². The molecule has 0 spiro atoms. The third-order valence-corrected chi connectivity index (χ3v) is 3.97. The second-order valence-corrected chi connectivity index (χ2v) is 8.01. The Morgan fingerprint density at radius 2 is 1.28 bits per heavy atom. The molecule has 0 saturated heterocycles. The first-order valence-corrected chi connectivity index (χ1v) is 8.74. The first kappa shape index (κ1) is 19.1. The van der Waals surface area contributed by atoms with Crippen LogP contribution in [0.15, 0.2) is 48.5 Å². The molecule has 2 aromatic rings. The summed E-state index contributed by atoms with van der Waals surface area (Å²) in [5.74, 6) is 6.43. The lowest BCUT2D eigenvalue weighted by Gasteiger charge is -2.30. The van der Waals surface area contributed by atoms with Gasteiger partial charge in [0.1, 0.15) is 0 Å². The molecule has 0 atom stereocenters. The molecule has 2 nitrogen and oxygen atoms in total. The summed E-state index contributed by atoms with van der Waals surface area (Å²) in [6.45, 7) is 11.5. The maximum Gasteiger partial charge on any atom is 0.0875 e.